The van der Waals surface area contributed by atoms with Gasteiger partial charge in [0.15, 0.2) is 11.6 Å². The minimum atomic E-state index is -3.63. The van der Waals surface area contributed by atoms with Crippen molar-refractivity contribution in [3.63, 3.8) is 0 Å². The molecule has 0 aliphatic rings. The molecule has 0 radical (unpaired) electrons. The molecule has 2 aromatic carbocycles. The Hall–Kier alpha value is -2.12. The molecule has 118 valence electrons. The lowest BCUT2D eigenvalue weighted by molar-refractivity contribution is 0.306. The molecule has 5 nitrogen and oxygen atoms in total. The molecule has 0 saturated carbocycles. The predicted octanol–water partition coefficient (Wildman–Crippen LogP) is 2.19. The first-order valence-electron chi connectivity index (χ1n) is 6.54. The highest BCUT2D eigenvalue weighted by Crippen LogP contribution is 2.16. The Morgan fingerprint density at radius 2 is 1.77 bits per heavy atom. The lowest BCUT2D eigenvalue weighted by Gasteiger charge is -2.09. The highest BCUT2D eigenvalue weighted by atomic mass is 32.2. The van der Waals surface area contributed by atoms with Gasteiger partial charge in [-0.25, -0.2) is 17.5 Å². The molecule has 0 aliphatic carbocycles. The summed E-state index contributed by atoms with van der Waals surface area (Å²) in [6.45, 7) is 0.0546. The molecule has 0 unspecified atom stereocenters. The van der Waals surface area contributed by atoms with Crippen molar-refractivity contribution in [3.05, 3.63) is 54.3 Å². The molecule has 2 rings (SSSR count). The quantitative estimate of drug-likeness (QED) is 0.793. The fourth-order valence-electron chi connectivity index (χ4n) is 1.74. The molecule has 0 saturated heterocycles. The minimum Gasteiger partial charge on any atom is -0.497 e. The zero-order valence-corrected chi connectivity index (χ0v) is 12.8. The Labute approximate surface area is 128 Å². The van der Waals surface area contributed by atoms with Crippen LogP contribution >= 0.6 is 0 Å². The number of benzene rings is 2. The van der Waals surface area contributed by atoms with Crippen LogP contribution in [0.4, 0.5) is 4.39 Å². The van der Waals surface area contributed by atoms with Gasteiger partial charge in [0.1, 0.15) is 12.4 Å². The molecule has 22 heavy (non-hydrogen) atoms. The fourth-order valence-corrected chi connectivity index (χ4v) is 2.75. The zero-order chi connectivity index (χ0) is 16.0. The third-order valence-corrected chi connectivity index (χ3v) is 4.34. The summed E-state index contributed by atoms with van der Waals surface area (Å²) in [6.07, 6.45) is 0. The number of hydrogen-bond donors (Lipinski definition) is 1. The maximum absolute atomic E-state index is 13.3. The Morgan fingerprint density at radius 3 is 2.41 bits per heavy atom. The minimum absolute atomic E-state index is 0.0241. The second-order valence-electron chi connectivity index (χ2n) is 4.35. The van der Waals surface area contributed by atoms with Gasteiger partial charge >= 0.3 is 0 Å². The van der Waals surface area contributed by atoms with Crippen molar-refractivity contribution in [3.8, 4) is 11.5 Å². The zero-order valence-electron chi connectivity index (χ0n) is 12.0. The van der Waals surface area contributed by atoms with E-state index in [0.717, 1.165) is 0 Å². The van der Waals surface area contributed by atoms with Gasteiger partial charge in [-0.1, -0.05) is 12.1 Å². The maximum atomic E-state index is 13.3. The van der Waals surface area contributed by atoms with E-state index in [2.05, 4.69) is 4.72 Å². The molecule has 0 atom stereocenters. The topological polar surface area (TPSA) is 64.6 Å². The van der Waals surface area contributed by atoms with Crippen LogP contribution in [-0.2, 0) is 10.0 Å². The van der Waals surface area contributed by atoms with Crippen LogP contribution in [0.1, 0.15) is 0 Å². The number of methoxy groups -OCH3 is 1. The molecule has 2 aromatic rings. The number of nitrogens with one attached hydrogen (secondary N) is 1. The summed E-state index contributed by atoms with van der Waals surface area (Å²) in [7, 11) is -2.13. The Bertz CT molecular complexity index is 717. The number of halogens is 1. The van der Waals surface area contributed by atoms with Crippen molar-refractivity contribution in [2.75, 3.05) is 20.3 Å². The van der Waals surface area contributed by atoms with Crippen LogP contribution in [0, 0.1) is 5.82 Å². The highest BCUT2D eigenvalue weighted by molar-refractivity contribution is 7.89. The summed E-state index contributed by atoms with van der Waals surface area (Å²) in [5, 5.41) is 0. The van der Waals surface area contributed by atoms with Gasteiger partial charge in [-0.3, -0.25) is 0 Å². The van der Waals surface area contributed by atoms with E-state index in [4.69, 9.17) is 9.47 Å². The van der Waals surface area contributed by atoms with Crippen LogP contribution in [0.5, 0.6) is 11.5 Å². The number of para-hydroxylation sites is 1. The van der Waals surface area contributed by atoms with Crippen LogP contribution in [0.2, 0.25) is 0 Å². The van der Waals surface area contributed by atoms with Gasteiger partial charge in [0.2, 0.25) is 10.0 Å². The van der Waals surface area contributed by atoms with E-state index in [9.17, 15) is 12.8 Å². The molecule has 0 bridgehead atoms. The summed E-state index contributed by atoms with van der Waals surface area (Å²) in [5.74, 6) is 0.175. The van der Waals surface area contributed by atoms with Crippen molar-refractivity contribution in [2.45, 2.75) is 4.90 Å². The lowest BCUT2D eigenvalue weighted by Crippen LogP contribution is -2.28. The SMILES string of the molecule is COc1ccc(S(=O)(=O)NCCOc2ccccc2F)cc1. The monoisotopic (exact) mass is 325 g/mol. The van der Waals surface area contributed by atoms with Crippen LogP contribution in [0.15, 0.2) is 53.4 Å². The number of ether oxygens (including phenoxy) is 2. The third-order valence-electron chi connectivity index (χ3n) is 2.86. The van der Waals surface area contributed by atoms with Gasteiger partial charge in [-0.15, -0.1) is 0 Å². The molecule has 0 amide bonds. The second kappa shape index (κ2) is 7.24. The van der Waals surface area contributed by atoms with Crippen LogP contribution in [-0.4, -0.2) is 28.7 Å². The molecule has 0 heterocycles. The van der Waals surface area contributed by atoms with Crippen molar-refractivity contribution < 1.29 is 22.3 Å². The number of sulfonamides is 1. The molecule has 0 aromatic heterocycles. The second-order valence-corrected chi connectivity index (χ2v) is 6.12. The first-order valence-corrected chi connectivity index (χ1v) is 8.02. The average molecular weight is 325 g/mol. The summed E-state index contributed by atoms with van der Waals surface area (Å²) < 4.78 is 49.9. The molecular weight excluding hydrogens is 309 g/mol. The van der Waals surface area contributed by atoms with Crippen molar-refractivity contribution in [1.82, 2.24) is 4.72 Å². The van der Waals surface area contributed by atoms with E-state index >= 15 is 0 Å². The first kappa shape index (κ1) is 16.3. The van der Waals surface area contributed by atoms with E-state index in [0.29, 0.717) is 5.75 Å². The van der Waals surface area contributed by atoms with Gasteiger partial charge in [0, 0.05) is 6.54 Å². The molecule has 0 fully saturated rings. The van der Waals surface area contributed by atoms with Gasteiger partial charge in [-0.05, 0) is 36.4 Å². The van der Waals surface area contributed by atoms with Gasteiger partial charge in [0.05, 0.1) is 12.0 Å². The van der Waals surface area contributed by atoms with Crippen LogP contribution in [0.3, 0.4) is 0 Å². The normalized spacial score (nSPS) is 11.2. The standard InChI is InChI=1S/C15H16FNO4S/c1-20-12-6-8-13(9-7-12)22(18,19)17-10-11-21-15-5-3-2-4-14(15)16/h2-9,17H,10-11H2,1H3. The van der Waals surface area contributed by atoms with E-state index in [-0.39, 0.29) is 23.8 Å². The summed E-state index contributed by atoms with van der Waals surface area (Å²) >= 11 is 0. The fraction of sp³-hybridized carbons (Fsp3) is 0.200. The van der Waals surface area contributed by atoms with E-state index in [1.807, 2.05) is 0 Å². The molecule has 0 aliphatic heterocycles. The van der Waals surface area contributed by atoms with Gasteiger partial charge in [0.25, 0.3) is 0 Å². The lowest BCUT2D eigenvalue weighted by atomic mass is 10.3. The number of hydrogen-bond acceptors (Lipinski definition) is 4. The third kappa shape index (κ3) is 4.19. The van der Waals surface area contributed by atoms with E-state index in [1.54, 1.807) is 24.3 Å². The summed E-state index contributed by atoms with van der Waals surface area (Å²) in [4.78, 5) is 0.124. The smallest absolute Gasteiger partial charge is 0.240 e. The predicted molar refractivity (Wildman–Crippen MR) is 80.1 cm³/mol. The Kier molecular flexibility index (Phi) is 5.35. The molecule has 7 heteroatoms. The van der Waals surface area contributed by atoms with Crippen LogP contribution in [0.25, 0.3) is 0 Å². The molecule has 0 spiro atoms. The van der Waals surface area contributed by atoms with Crippen LogP contribution < -0.4 is 14.2 Å². The largest absolute Gasteiger partial charge is 0.497 e. The Balaban J connectivity index is 1.88. The highest BCUT2D eigenvalue weighted by Gasteiger charge is 2.13. The van der Waals surface area contributed by atoms with Crippen molar-refractivity contribution in [1.29, 1.82) is 0 Å². The summed E-state index contributed by atoms with van der Waals surface area (Å²) in [6, 6.07) is 11.9. The molecule has 1 N–H and O–H groups in total. The van der Waals surface area contributed by atoms with E-state index < -0.39 is 15.8 Å². The van der Waals surface area contributed by atoms with Crippen molar-refractivity contribution >= 4 is 10.0 Å². The first-order chi connectivity index (χ1) is 10.5. The van der Waals surface area contributed by atoms with E-state index in [1.165, 1.54) is 31.4 Å². The Morgan fingerprint density at radius 1 is 1.09 bits per heavy atom. The molecular formula is C15H16FNO4S. The maximum Gasteiger partial charge on any atom is 0.240 e. The average Bonchev–Trinajstić information content (AvgIpc) is 2.53. The summed E-state index contributed by atoms with van der Waals surface area (Å²) in [5.41, 5.74) is 0. The van der Waals surface area contributed by atoms with Crippen molar-refractivity contribution in [2.24, 2.45) is 0 Å². The van der Waals surface area contributed by atoms with Gasteiger partial charge < -0.3 is 9.47 Å². The number of rotatable bonds is 7. The van der Waals surface area contributed by atoms with Gasteiger partial charge in [-0.2, -0.15) is 0 Å².